The second kappa shape index (κ2) is 6.17. The highest BCUT2D eigenvalue weighted by Crippen LogP contribution is 2.27. The Labute approximate surface area is 110 Å². The Bertz CT molecular complexity index is 483. The van der Waals surface area contributed by atoms with Gasteiger partial charge in [-0.15, -0.1) is 0 Å². The fourth-order valence-corrected chi connectivity index (χ4v) is 1.94. The van der Waals surface area contributed by atoms with Crippen molar-refractivity contribution in [3.8, 4) is 0 Å². The number of rotatable bonds is 7. The Morgan fingerprint density at radius 1 is 1.63 bits per heavy atom. The number of aromatic nitrogens is 2. The Morgan fingerprint density at radius 2 is 2.26 bits per heavy atom. The van der Waals surface area contributed by atoms with Gasteiger partial charge in [-0.25, -0.2) is 4.68 Å². The van der Waals surface area contributed by atoms with E-state index in [9.17, 15) is 14.9 Å². The highest BCUT2D eigenvalue weighted by atomic mass is 16.6. The molecule has 8 nitrogen and oxygen atoms in total. The van der Waals surface area contributed by atoms with Gasteiger partial charge in [0.2, 0.25) is 5.82 Å². The van der Waals surface area contributed by atoms with Crippen LogP contribution in [0.1, 0.15) is 25.5 Å². The van der Waals surface area contributed by atoms with Crippen molar-refractivity contribution in [2.75, 3.05) is 11.9 Å². The normalized spacial score (nSPS) is 12.2. The van der Waals surface area contributed by atoms with E-state index in [2.05, 4.69) is 10.4 Å². The van der Waals surface area contributed by atoms with Crippen molar-refractivity contribution in [3.05, 3.63) is 15.8 Å². The van der Waals surface area contributed by atoms with Crippen LogP contribution in [0.2, 0.25) is 0 Å². The van der Waals surface area contributed by atoms with E-state index < -0.39 is 16.8 Å². The molecule has 1 atom stereocenters. The van der Waals surface area contributed by atoms with Crippen molar-refractivity contribution >= 4 is 17.5 Å². The van der Waals surface area contributed by atoms with Gasteiger partial charge in [0.1, 0.15) is 5.69 Å². The van der Waals surface area contributed by atoms with E-state index in [0.29, 0.717) is 12.1 Å². The topological polar surface area (TPSA) is 110 Å². The molecular formula is C11H18N4O4. The first-order chi connectivity index (χ1) is 8.88. The lowest BCUT2D eigenvalue weighted by Crippen LogP contribution is -2.23. The maximum Gasteiger partial charge on any atom is 0.333 e. The molecule has 8 heteroatoms. The summed E-state index contributed by atoms with van der Waals surface area (Å²) in [4.78, 5) is 21.5. The monoisotopic (exact) mass is 270 g/mol. The molecule has 1 aromatic rings. The number of nitrogens with zero attached hydrogens (tertiary/aromatic N) is 3. The molecule has 1 unspecified atom stereocenters. The third-order valence-electron chi connectivity index (χ3n) is 2.88. The summed E-state index contributed by atoms with van der Waals surface area (Å²) < 4.78 is 1.36. The minimum Gasteiger partial charge on any atom is -0.481 e. The number of aliphatic carboxylic acids is 1. The number of hydrogen-bond donors (Lipinski definition) is 2. The summed E-state index contributed by atoms with van der Waals surface area (Å²) in [5.41, 5.74) is 0.195. The lowest BCUT2D eigenvalue weighted by atomic mass is 10.0. The number of aryl methyl sites for hydroxylation is 2. The average molecular weight is 270 g/mol. The van der Waals surface area contributed by atoms with Gasteiger partial charge in [0.25, 0.3) is 0 Å². The summed E-state index contributed by atoms with van der Waals surface area (Å²) in [7, 11) is 1.58. The van der Waals surface area contributed by atoms with Crippen LogP contribution in [-0.2, 0) is 11.8 Å². The molecule has 0 amide bonds. The van der Waals surface area contributed by atoms with Crippen LogP contribution in [0.3, 0.4) is 0 Å². The number of carboxylic acids is 1. The minimum atomic E-state index is -0.907. The fraction of sp³-hybridized carbons (Fsp3) is 0.636. The Kier molecular flexibility index (Phi) is 4.85. The largest absolute Gasteiger partial charge is 0.481 e. The van der Waals surface area contributed by atoms with Gasteiger partial charge in [-0.2, -0.15) is 5.10 Å². The van der Waals surface area contributed by atoms with Gasteiger partial charge in [-0.05, 0) is 13.3 Å². The summed E-state index contributed by atoms with van der Waals surface area (Å²) in [6, 6.07) is 0. The third kappa shape index (κ3) is 3.43. The number of nitro groups is 1. The van der Waals surface area contributed by atoms with E-state index in [1.165, 1.54) is 4.68 Å². The molecule has 0 saturated heterocycles. The summed E-state index contributed by atoms with van der Waals surface area (Å²) in [5, 5.41) is 26.8. The highest BCUT2D eigenvalue weighted by molar-refractivity contribution is 5.71. The van der Waals surface area contributed by atoms with Crippen LogP contribution in [0.4, 0.5) is 11.5 Å². The maximum atomic E-state index is 11.0. The SMILES string of the molecule is CCCC(CNc1c([N+](=O)[O-])c(C)nn1C)C(=O)O. The highest BCUT2D eigenvalue weighted by Gasteiger charge is 2.25. The molecule has 1 heterocycles. The summed E-state index contributed by atoms with van der Waals surface area (Å²) in [5.74, 6) is -1.24. The lowest BCUT2D eigenvalue weighted by Gasteiger charge is -2.12. The molecule has 1 aromatic heterocycles. The van der Waals surface area contributed by atoms with E-state index in [0.717, 1.165) is 6.42 Å². The molecule has 19 heavy (non-hydrogen) atoms. The van der Waals surface area contributed by atoms with Gasteiger partial charge in [-0.3, -0.25) is 14.9 Å². The molecule has 0 spiro atoms. The fourth-order valence-electron chi connectivity index (χ4n) is 1.94. The predicted octanol–water partition coefficient (Wildman–Crippen LogP) is 1.55. The second-order valence-electron chi connectivity index (χ2n) is 4.37. The van der Waals surface area contributed by atoms with Gasteiger partial charge in [-0.1, -0.05) is 13.3 Å². The second-order valence-corrected chi connectivity index (χ2v) is 4.37. The molecule has 1 rings (SSSR count). The van der Waals surface area contributed by atoms with E-state index in [4.69, 9.17) is 5.11 Å². The van der Waals surface area contributed by atoms with Crippen LogP contribution >= 0.6 is 0 Å². The summed E-state index contributed by atoms with van der Waals surface area (Å²) in [6.45, 7) is 3.58. The molecule has 0 radical (unpaired) electrons. The molecule has 0 saturated carbocycles. The molecule has 0 aromatic carbocycles. The van der Waals surface area contributed by atoms with Gasteiger partial charge in [0, 0.05) is 13.6 Å². The molecule has 0 aliphatic heterocycles. The smallest absolute Gasteiger partial charge is 0.333 e. The van der Waals surface area contributed by atoms with E-state index >= 15 is 0 Å². The first-order valence-corrected chi connectivity index (χ1v) is 6.03. The number of carboxylic acid groups (broad SMARTS) is 1. The zero-order valence-electron chi connectivity index (χ0n) is 11.2. The lowest BCUT2D eigenvalue weighted by molar-refractivity contribution is -0.384. The predicted molar refractivity (Wildman–Crippen MR) is 69.1 cm³/mol. The zero-order chi connectivity index (χ0) is 14.6. The van der Waals surface area contributed by atoms with E-state index in [-0.39, 0.29) is 18.1 Å². The standard InChI is InChI=1S/C11H18N4O4/c1-4-5-8(11(16)17)6-12-10-9(15(18)19)7(2)13-14(10)3/h8,12H,4-6H2,1-3H3,(H,16,17). The van der Waals surface area contributed by atoms with Crippen LogP contribution in [0.15, 0.2) is 0 Å². The molecule has 0 aliphatic rings. The van der Waals surface area contributed by atoms with Gasteiger partial charge < -0.3 is 10.4 Å². The van der Waals surface area contributed by atoms with Crippen LogP contribution in [0, 0.1) is 23.0 Å². The molecule has 106 valence electrons. The van der Waals surface area contributed by atoms with Gasteiger partial charge >= 0.3 is 11.7 Å². The molecule has 0 aliphatic carbocycles. The molecule has 0 bridgehead atoms. The molecular weight excluding hydrogens is 252 g/mol. The van der Waals surface area contributed by atoms with Gasteiger partial charge in [0.15, 0.2) is 0 Å². The van der Waals surface area contributed by atoms with E-state index in [1.807, 2.05) is 6.92 Å². The Morgan fingerprint density at radius 3 is 2.74 bits per heavy atom. The Hall–Kier alpha value is -2.12. The van der Waals surface area contributed by atoms with Crippen molar-refractivity contribution < 1.29 is 14.8 Å². The summed E-state index contributed by atoms with van der Waals surface area (Å²) >= 11 is 0. The zero-order valence-corrected chi connectivity index (χ0v) is 11.2. The number of anilines is 1. The van der Waals surface area contributed by atoms with E-state index in [1.54, 1.807) is 14.0 Å². The minimum absolute atomic E-state index is 0.108. The molecule has 0 fully saturated rings. The van der Waals surface area contributed by atoms with Crippen molar-refractivity contribution in [2.24, 2.45) is 13.0 Å². The number of nitrogens with one attached hydrogen (secondary N) is 1. The average Bonchev–Trinajstić information content (AvgIpc) is 2.58. The van der Waals surface area contributed by atoms with Crippen LogP contribution in [0.25, 0.3) is 0 Å². The number of hydrogen-bond acceptors (Lipinski definition) is 5. The first kappa shape index (κ1) is 14.9. The summed E-state index contributed by atoms with van der Waals surface area (Å²) in [6.07, 6.45) is 1.26. The maximum absolute atomic E-state index is 11.0. The van der Waals surface area contributed by atoms with Gasteiger partial charge in [0.05, 0.1) is 10.8 Å². The van der Waals surface area contributed by atoms with Crippen LogP contribution < -0.4 is 5.32 Å². The van der Waals surface area contributed by atoms with Crippen LogP contribution in [-0.4, -0.2) is 32.3 Å². The quantitative estimate of drug-likeness (QED) is 0.574. The van der Waals surface area contributed by atoms with Crippen molar-refractivity contribution in [1.29, 1.82) is 0 Å². The number of carbonyl (C=O) groups is 1. The van der Waals surface area contributed by atoms with Crippen LogP contribution in [0.5, 0.6) is 0 Å². The van der Waals surface area contributed by atoms with Crippen molar-refractivity contribution in [1.82, 2.24) is 9.78 Å². The molecule has 2 N–H and O–H groups in total. The Balaban J connectivity index is 2.87. The van der Waals surface area contributed by atoms with Crippen molar-refractivity contribution in [3.63, 3.8) is 0 Å². The third-order valence-corrected chi connectivity index (χ3v) is 2.88. The first-order valence-electron chi connectivity index (χ1n) is 6.03. The van der Waals surface area contributed by atoms with Crippen molar-refractivity contribution in [2.45, 2.75) is 26.7 Å².